The molecule has 174 valence electrons. The second-order valence-electron chi connectivity index (χ2n) is 7.43. The Labute approximate surface area is 208 Å². The molecule has 1 heterocycles. The van der Waals surface area contributed by atoms with Crippen LogP contribution >= 0.6 is 24.0 Å². The number of hydrogen-bond acceptors (Lipinski definition) is 4. The Morgan fingerprint density at radius 2 is 1.88 bits per heavy atom. The number of nitrogens with one attached hydrogen (secondary N) is 1. The molecule has 2 aromatic carbocycles. The number of rotatable bonds is 8. The molecule has 32 heavy (non-hydrogen) atoms. The van der Waals surface area contributed by atoms with Gasteiger partial charge in [0.15, 0.2) is 17.5 Å². The second kappa shape index (κ2) is 14.0. The van der Waals surface area contributed by atoms with E-state index in [1.54, 1.807) is 7.11 Å². The molecule has 3 rings (SSSR count). The van der Waals surface area contributed by atoms with Crippen molar-refractivity contribution in [3.05, 3.63) is 65.2 Å². The molecule has 0 atom stereocenters. The number of benzene rings is 2. The fraction of sp³-hybridized carbons (Fsp3) is 0.400. The van der Waals surface area contributed by atoms with Gasteiger partial charge in [-0.1, -0.05) is 48.0 Å². The van der Waals surface area contributed by atoms with Crippen molar-refractivity contribution >= 4 is 36.0 Å². The summed E-state index contributed by atoms with van der Waals surface area (Å²) >= 11 is 0. The number of aliphatic hydroxyl groups is 1. The number of piperidine rings is 1. The summed E-state index contributed by atoms with van der Waals surface area (Å²) in [6, 6.07) is 16.3. The fourth-order valence-corrected chi connectivity index (χ4v) is 3.61. The highest BCUT2D eigenvalue weighted by atomic mass is 127. The first kappa shape index (κ1) is 26.0. The highest BCUT2D eigenvalue weighted by Crippen LogP contribution is 2.28. The lowest BCUT2D eigenvalue weighted by Gasteiger charge is -2.31. The molecule has 2 aromatic rings. The third kappa shape index (κ3) is 7.70. The van der Waals surface area contributed by atoms with Crippen molar-refractivity contribution in [1.82, 2.24) is 10.2 Å². The first-order chi connectivity index (χ1) is 15.2. The van der Waals surface area contributed by atoms with E-state index in [0.717, 1.165) is 44.0 Å². The lowest BCUT2D eigenvalue weighted by molar-refractivity contribution is 0.196. The number of halogens is 1. The number of ether oxygens (including phenoxy) is 2. The molecule has 1 aliphatic heterocycles. The van der Waals surface area contributed by atoms with Crippen LogP contribution in [-0.2, 0) is 6.54 Å². The molecule has 0 spiro atoms. The highest BCUT2D eigenvalue weighted by molar-refractivity contribution is 14.0. The van der Waals surface area contributed by atoms with Crippen molar-refractivity contribution in [2.45, 2.75) is 26.3 Å². The maximum Gasteiger partial charge on any atom is 0.194 e. The maximum absolute atomic E-state index is 8.96. The van der Waals surface area contributed by atoms with Crippen molar-refractivity contribution in [2.75, 3.05) is 40.0 Å². The Hall–Kier alpha value is -2.26. The average molecular weight is 551 g/mol. The molecule has 1 fully saturated rings. The van der Waals surface area contributed by atoms with Crippen molar-refractivity contribution < 1.29 is 14.6 Å². The molecule has 7 heteroatoms. The van der Waals surface area contributed by atoms with Crippen LogP contribution in [0.15, 0.2) is 59.1 Å². The zero-order chi connectivity index (χ0) is 21.9. The minimum Gasteiger partial charge on any atom is -0.493 e. The molecule has 0 aliphatic carbocycles. The number of hydrogen-bond donors (Lipinski definition) is 2. The topological polar surface area (TPSA) is 66.3 Å². The van der Waals surface area contributed by atoms with Crippen LogP contribution in [0.4, 0.5) is 0 Å². The third-order valence-electron chi connectivity index (χ3n) is 5.20. The van der Waals surface area contributed by atoms with Gasteiger partial charge in [-0.3, -0.25) is 0 Å². The van der Waals surface area contributed by atoms with Gasteiger partial charge in [-0.15, -0.1) is 24.0 Å². The van der Waals surface area contributed by atoms with Crippen LogP contribution < -0.4 is 14.8 Å². The highest BCUT2D eigenvalue weighted by Gasteiger charge is 2.17. The minimum absolute atomic E-state index is 0. The molecular formula is C25H34IN3O3. The number of nitrogens with zero attached hydrogens (tertiary/aromatic N) is 2. The zero-order valence-electron chi connectivity index (χ0n) is 18.9. The van der Waals surface area contributed by atoms with Crippen LogP contribution in [0.3, 0.4) is 0 Å². The van der Waals surface area contributed by atoms with Crippen molar-refractivity contribution in [3.63, 3.8) is 0 Å². The average Bonchev–Trinajstić information content (AvgIpc) is 2.82. The molecule has 1 aliphatic rings. The van der Waals surface area contributed by atoms with E-state index in [1.807, 2.05) is 18.2 Å². The zero-order valence-corrected chi connectivity index (χ0v) is 21.2. The van der Waals surface area contributed by atoms with Gasteiger partial charge in [-0.05, 0) is 43.0 Å². The minimum atomic E-state index is -0.0284. The standard InChI is InChI=1S/C25H33N3O3.HI/c1-3-26-25(27-19-22-9-10-23(31-16-15-29)24(18-22)30-2)28-13-11-21(12-14-28)17-20-7-5-4-6-8-20;/h4-10,17-18,29H,3,11-16,19H2,1-2H3,(H,26,27);1H. The van der Waals surface area contributed by atoms with Crippen molar-refractivity contribution in [3.8, 4) is 11.5 Å². The summed E-state index contributed by atoms with van der Waals surface area (Å²) in [7, 11) is 1.62. The van der Waals surface area contributed by atoms with Crippen LogP contribution in [0.1, 0.15) is 30.9 Å². The number of aliphatic hydroxyl groups excluding tert-OH is 1. The predicted octanol–water partition coefficient (Wildman–Crippen LogP) is 4.33. The molecule has 0 radical (unpaired) electrons. The van der Waals surface area contributed by atoms with Gasteiger partial charge in [0.25, 0.3) is 0 Å². The second-order valence-corrected chi connectivity index (χ2v) is 7.43. The monoisotopic (exact) mass is 551 g/mol. The Morgan fingerprint density at radius 3 is 2.53 bits per heavy atom. The van der Waals surface area contributed by atoms with E-state index in [1.165, 1.54) is 11.1 Å². The quantitative estimate of drug-likeness (QED) is 0.291. The molecule has 6 nitrogen and oxygen atoms in total. The SMILES string of the molecule is CCNC(=NCc1ccc(OCCO)c(OC)c1)N1CCC(=Cc2ccccc2)CC1.I. The summed E-state index contributed by atoms with van der Waals surface area (Å²) in [5, 5.41) is 12.4. The van der Waals surface area contributed by atoms with E-state index in [9.17, 15) is 0 Å². The van der Waals surface area contributed by atoms with Crippen molar-refractivity contribution in [2.24, 2.45) is 4.99 Å². The van der Waals surface area contributed by atoms with Gasteiger partial charge in [-0.2, -0.15) is 0 Å². The van der Waals surface area contributed by atoms with Crippen LogP contribution in [0, 0.1) is 0 Å². The third-order valence-corrected chi connectivity index (χ3v) is 5.20. The van der Waals surface area contributed by atoms with Crippen molar-refractivity contribution in [1.29, 1.82) is 0 Å². The molecule has 0 aromatic heterocycles. The summed E-state index contributed by atoms with van der Waals surface area (Å²) in [6.07, 6.45) is 4.40. The summed E-state index contributed by atoms with van der Waals surface area (Å²) in [6.45, 7) is 5.62. The van der Waals surface area contributed by atoms with Crippen LogP contribution in [0.25, 0.3) is 6.08 Å². The van der Waals surface area contributed by atoms with Crippen LogP contribution in [0.5, 0.6) is 11.5 Å². The van der Waals surface area contributed by atoms with E-state index in [-0.39, 0.29) is 37.2 Å². The van der Waals surface area contributed by atoms with Gasteiger partial charge in [0.05, 0.1) is 20.3 Å². The summed E-state index contributed by atoms with van der Waals surface area (Å²) in [4.78, 5) is 7.19. The first-order valence-electron chi connectivity index (χ1n) is 10.9. The number of aliphatic imine (C=N–C) groups is 1. The smallest absolute Gasteiger partial charge is 0.194 e. The molecular weight excluding hydrogens is 517 g/mol. The number of likely N-dealkylation sites (tertiary alicyclic amines) is 1. The molecule has 0 bridgehead atoms. The normalized spacial score (nSPS) is 13.9. The molecule has 0 unspecified atom stereocenters. The van der Waals surface area contributed by atoms with Gasteiger partial charge in [0.1, 0.15) is 6.61 Å². The van der Waals surface area contributed by atoms with E-state index < -0.39 is 0 Å². The molecule has 1 saturated heterocycles. The Balaban J connectivity index is 0.00000363. The summed E-state index contributed by atoms with van der Waals surface area (Å²) < 4.78 is 10.9. The summed E-state index contributed by atoms with van der Waals surface area (Å²) in [5.41, 5.74) is 3.80. The van der Waals surface area contributed by atoms with Gasteiger partial charge in [0, 0.05) is 19.6 Å². The maximum atomic E-state index is 8.96. The predicted molar refractivity (Wildman–Crippen MR) is 141 cm³/mol. The van der Waals surface area contributed by atoms with E-state index in [2.05, 4.69) is 53.5 Å². The van der Waals surface area contributed by atoms with Crippen LogP contribution in [-0.4, -0.2) is 55.9 Å². The summed E-state index contributed by atoms with van der Waals surface area (Å²) in [5.74, 6) is 2.23. The van der Waals surface area contributed by atoms with E-state index >= 15 is 0 Å². The van der Waals surface area contributed by atoms with Crippen LogP contribution in [0.2, 0.25) is 0 Å². The Morgan fingerprint density at radius 1 is 1.12 bits per heavy atom. The van der Waals surface area contributed by atoms with Gasteiger partial charge in [-0.25, -0.2) is 4.99 Å². The molecule has 0 amide bonds. The Kier molecular flexibility index (Phi) is 11.4. The number of methoxy groups -OCH3 is 1. The lowest BCUT2D eigenvalue weighted by atomic mass is 10.0. The number of guanidine groups is 1. The van der Waals surface area contributed by atoms with E-state index in [0.29, 0.717) is 18.0 Å². The molecule has 0 saturated carbocycles. The fourth-order valence-electron chi connectivity index (χ4n) is 3.61. The van der Waals surface area contributed by atoms with Gasteiger partial charge < -0.3 is 24.8 Å². The molecule has 2 N–H and O–H groups in total. The Bertz CT molecular complexity index is 877. The first-order valence-corrected chi connectivity index (χ1v) is 10.9. The van der Waals surface area contributed by atoms with Gasteiger partial charge >= 0.3 is 0 Å². The largest absolute Gasteiger partial charge is 0.493 e. The lowest BCUT2D eigenvalue weighted by Crippen LogP contribution is -2.44. The van der Waals surface area contributed by atoms with Gasteiger partial charge in [0.2, 0.25) is 0 Å². The van der Waals surface area contributed by atoms with E-state index in [4.69, 9.17) is 19.6 Å².